The first-order valence-corrected chi connectivity index (χ1v) is 8.25. The highest BCUT2D eigenvalue weighted by Crippen LogP contribution is 2.32. The lowest BCUT2D eigenvalue weighted by Crippen LogP contribution is -2.32. The van der Waals surface area contributed by atoms with Gasteiger partial charge >= 0.3 is 0 Å². The molecule has 0 aromatic carbocycles. The summed E-state index contributed by atoms with van der Waals surface area (Å²) in [6.07, 6.45) is 3.85. The number of nitrogens with zero attached hydrogens (tertiary/aromatic N) is 3. The normalized spacial score (nSPS) is 25.4. The molecular formula is C15H18N4OS. The van der Waals surface area contributed by atoms with Gasteiger partial charge < -0.3 is 4.90 Å². The summed E-state index contributed by atoms with van der Waals surface area (Å²) in [5.74, 6) is 1.45. The van der Waals surface area contributed by atoms with Crippen LogP contribution in [0.4, 0.5) is 0 Å². The lowest BCUT2D eigenvalue weighted by atomic mass is 10.0. The molecule has 0 saturated carbocycles. The van der Waals surface area contributed by atoms with Crippen molar-refractivity contribution in [2.75, 3.05) is 26.2 Å². The first kappa shape index (κ1) is 13.0. The largest absolute Gasteiger partial charge is 0.338 e. The molecule has 2 saturated heterocycles. The van der Waals surface area contributed by atoms with Crippen molar-refractivity contribution in [2.24, 2.45) is 11.8 Å². The Labute approximate surface area is 127 Å². The first-order valence-electron chi connectivity index (χ1n) is 7.31. The van der Waals surface area contributed by atoms with Crippen molar-refractivity contribution in [3.05, 3.63) is 40.3 Å². The average molecular weight is 302 g/mol. The summed E-state index contributed by atoms with van der Waals surface area (Å²) in [6, 6.07) is 1.92. The van der Waals surface area contributed by atoms with Crippen molar-refractivity contribution in [3.63, 3.8) is 0 Å². The molecule has 110 valence electrons. The Balaban J connectivity index is 1.36. The van der Waals surface area contributed by atoms with Crippen LogP contribution in [-0.4, -0.2) is 52.1 Å². The van der Waals surface area contributed by atoms with Gasteiger partial charge in [-0.1, -0.05) is 0 Å². The first-order chi connectivity index (χ1) is 10.3. The maximum Gasteiger partial charge on any atom is 0.254 e. The molecule has 0 spiro atoms. The van der Waals surface area contributed by atoms with Crippen molar-refractivity contribution in [1.82, 2.24) is 20.0 Å². The SMILES string of the molecule is O=C(c1ccsc1)N1CC2CN(Cc3cn[nH]c3)CC2C1. The Morgan fingerprint density at radius 1 is 1.33 bits per heavy atom. The van der Waals surface area contributed by atoms with Gasteiger partial charge in [0.25, 0.3) is 5.91 Å². The Kier molecular flexibility index (Phi) is 3.27. The fourth-order valence-corrected chi connectivity index (χ4v) is 4.21. The van der Waals surface area contributed by atoms with E-state index in [9.17, 15) is 4.79 Å². The van der Waals surface area contributed by atoms with Crippen molar-refractivity contribution in [1.29, 1.82) is 0 Å². The van der Waals surface area contributed by atoms with Crippen LogP contribution in [0.25, 0.3) is 0 Å². The number of aromatic amines is 1. The third-order valence-electron chi connectivity index (χ3n) is 4.58. The molecule has 0 radical (unpaired) electrons. The van der Waals surface area contributed by atoms with Gasteiger partial charge in [-0.3, -0.25) is 14.8 Å². The third kappa shape index (κ3) is 2.49. The third-order valence-corrected chi connectivity index (χ3v) is 5.26. The van der Waals surface area contributed by atoms with E-state index < -0.39 is 0 Å². The second-order valence-electron chi connectivity index (χ2n) is 6.04. The number of rotatable bonds is 3. The number of thiophene rings is 1. The molecule has 2 aromatic heterocycles. The lowest BCUT2D eigenvalue weighted by molar-refractivity contribution is 0.0774. The van der Waals surface area contributed by atoms with Gasteiger partial charge in [-0.2, -0.15) is 16.4 Å². The van der Waals surface area contributed by atoms with Crippen LogP contribution < -0.4 is 0 Å². The fourth-order valence-electron chi connectivity index (χ4n) is 3.58. The fraction of sp³-hybridized carbons (Fsp3) is 0.467. The van der Waals surface area contributed by atoms with Gasteiger partial charge in [0.1, 0.15) is 0 Å². The molecule has 2 unspecified atom stereocenters. The van der Waals surface area contributed by atoms with E-state index in [1.165, 1.54) is 5.56 Å². The molecule has 0 bridgehead atoms. The summed E-state index contributed by atoms with van der Waals surface area (Å²) in [5, 5.41) is 10.8. The highest BCUT2D eigenvalue weighted by molar-refractivity contribution is 7.08. The monoisotopic (exact) mass is 302 g/mol. The Hall–Kier alpha value is -1.66. The van der Waals surface area contributed by atoms with Crippen LogP contribution >= 0.6 is 11.3 Å². The number of likely N-dealkylation sites (tertiary alicyclic amines) is 2. The number of aromatic nitrogens is 2. The maximum absolute atomic E-state index is 12.4. The molecule has 2 aliphatic rings. The van der Waals surface area contributed by atoms with Gasteiger partial charge in [-0.05, 0) is 23.3 Å². The minimum absolute atomic E-state index is 0.201. The number of hydrogen-bond donors (Lipinski definition) is 1. The van der Waals surface area contributed by atoms with Gasteiger partial charge in [-0.15, -0.1) is 0 Å². The summed E-state index contributed by atoms with van der Waals surface area (Å²) in [4.78, 5) is 16.9. The molecule has 2 aromatic rings. The van der Waals surface area contributed by atoms with Gasteiger partial charge in [0.2, 0.25) is 0 Å². The second-order valence-corrected chi connectivity index (χ2v) is 6.82. The lowest BCUT2D eigenvalue weighted by Gasteiger charge is -2.21. The van der Waals surface area contributed by atoms with Crippen LogP contribution in [0.3, 0.4) is 0 Å². The zero-order valence-electron chi connectivity index (χ0n) is 11.7. The molecule has 21 heavy (non-hydrogen) atoms. The predicted octanol–water partition coefficient (Wildman–Crippen LogP) is 1.68. The minimum Gasteiger partial charge on any atom is -0.338 e. The van der Waals surface area contributed by atoms with E-state index in [-0.39, 0.29) is 5.91 Å². The summed E-state index contributed by atoms with van der Waals surface area (Å²) in [7, 11) is 0. The number of H-pyrrole nitrogens is 1. The van der Waals surface area contributed by atoms with Crippen molar-refractivity contribution in [3.8, 4) is 0 Å². The minimum atomic E-state index is 0.201. The van der Waals surface area contributed by atoms with Crippen molar-refractivity contribution >= 4 is 17.2 Å². The van der Waals surface area contributed by atoms with Gasteiger partial charge in [0.05, 0.1) is 11.8 Å². The molecule has 6 heteroatoms. The van der Waals surface area contributed by atoms with Crippen molar-refractivity contribution < 1.29 is 4.79 Å². The quantitative estimate of drug-likeness (QED) is 0.938. The zero-order valence-corrected chi connectivity index (χ0v) is 12.6. The Morgan fingerprint density at radius 3 is 2.76 bits per heavy atom. The number of carbonyl (C=O) groups excluding carboxylic acids is 1. The molecule has 2 aliphatic heterocycles. The summed E-state index contributed by atoms with van der Waals surface area (Å²) in [6.45, 7) is 4.94. The van der Waals surface area contributed by atoms with E-state index in [1.807, 2.05) is 34.1 Å². The molecule has 4 rings (SSSR count). The van der Waals surface area contributed by atoms with E-state index >= 15 is 0 Å². The molecule has 5 nitrogen and oxygen atoms in total. The van der Waals surface area contributed by atoms with E-state index in [0.29, 0.717) is 11.8 Å². The van der Waals surface area contributed by atoms with Gasteiger partial charge in [0, 0.05) is 49.9 Å². The Morgan fingerprint density at radius 2 is 2.14 bits per heavy atom. The highest BCUT2D eigenvalue weighted by Gasteiger charge is 2.41. The summed E-state index contributed by atoms with van der Waals surface area (Å²) >= 11 is 1.59. The number of hydrogen-bond acceptors (Lipinski definition) is 4. The van der Waals surface area contributed by atoms with E-state index in [1.54, 1.807) is 11.3 Å². The van der Waals surface area contributed by atoms with Crippen LogP contribution in [0.15, 0.2) is 29.2 Å². The molecule has 2 atom stereocenters. The molecule has 0 aliphatic carbocycles. The summed E-state index contributed by atoms with van der Waals surface area (Å²) in [5.41, 5.74) is 2.08. The van der Waals surface area contributed by atoms with Gasteiger partial charge in [-0.25, -0.2) is 0 Å². The molecular weight excluding hydrogens is 284 g/mol. The number of fused-ring (bicyclic) bond motifs is 1. The second kappa shape index (κ2) is 5.27. The highest BCUT2D eigenvalue weighted by atomic mass is 32.1. The zero-order chi connectivity index (χ0) is 14.2. The van der Waals surface area contributed by atoms with E-state index in [0.717, 1.165) is 38.3 Å². The van der Waals surface area contributed by atoms with Crippen molar-refractivity contribution in [2.45, 2.75) is 6.54 Å². The molecule has 1 N–H and O–H groups in total. The topological polar surface area (TPSA) is 52.2 Å². The number of carbonyl (C=O) groups is 1. The van der Waals surface area contributed by atoms with Crippen LogP contribution in [0.2, 0.25) is 0 Å². The predicted molar refractivity (Wildman–Crippen MR) is 81.1 cm³/mol. The molecule has 1 amide bonds. The Bertz CT molecular complexity index is 596. The summed E-state index contributed by atoms with van der Waals surface area (Å²) < 4.78 is 0. The molecule has 2 fully saturated rings. The smallest absolute Gasteiger partial charge is 0.254 e. The van der Waals surface area contributed by atoms with Crippen LogP contribution in [0, 0.1) is 11.8 Å². The standard InChI is InChI=1S/C15H18N4OS/c20-15(12-1-2-21-10-12)19-8-13-6-18(7-14(13)9-19)5-11-3-16-17-4-11/h1-4,10,13-14H,5-9H2,(H,16,17). The van der Waals surface area contributed by atoms with E-state index in [2.05, 4.69) is 15.1 Å². The van der Waals surface area contributed by atoms with Crippen LogP contribution in [0.1, 0.15) is 15.9 Å². The van der Waals surface area contributed by atoms with Crippen LogP contribution in [-0.2, 0) is 6.54 Å². The number of nitrogens with one attached hydrogen (secondary N) is 1. The number of amides is 1. The van der Waals surface area contributed by atoms with E-state index in [4.69, 9.17) is 0 Å². The maximum atomic E-state index is 12.4. The molecule has 4 heterocycles. The van der Waals surface area contributed by atoms with Crippen LogP contribution in [0.5, 0.6) is 0 Å². The van der Waals surface area contributed by atoms with Gasteiger partial charge in [0.15, 0.2) is 0 Å². The average Bonchev–Trinajstić information content (AvgIpc) is 3.23.